The third-order valence-electron chi connectivity index (χ3n) is 1.33. The summed E-state index contributed by atoms with van der Waals surface area (Å²) in [4.78, 5) is 10.9. The predicted octanol–water partition coefficient (Wildman–Crippen LogP) is 0.877. The van der Waals surface area contributed by atoms with Crippen LogP contribution in [0, 0.1) is 0 Å². The molecular weight excluding hydrogens is 144 g/mol. The second kappa shape index (κ2) is 4.91. The standard InChI is InChI=1S/C8H14O3/c1-4-7(9)6(3)8(10)11-5-2/h7,9H,3-5H2,1-2H3/t7-/m1/s1. The minimum Gasteiger partial charge on any atom is -0.463 e. The second-order valence-electron chi connectivity index (χ2n) is 2.17. The van der Waals surface area contributed by atoms with Crippen LogP contribution in [0.3, 0.4) is 0 Å². The van der Waals surface area contributed by atoms with Gasteiger partial charge in [-0.1, -0.05) is 13.5 Å². The van der Waals surface area contributed by atoms with Crippen LogP contribution in [0.15, 0.2) is 12.2 Å². The van der Waals surface area contributed by atoms with Crippen LogP contribution >= 0.6 is 0 Å². The van der Waals surface area contributed by atoms with Crippen LogP contribution < -0.4 is 0 Å². The first-order chi connectivity index (χ1) is 5.13. The lowest BCUT2D eigenvalue weighted by molar-refractivity contribution is -0.139. The van der Waals surface area contributed by atoms with Crippen molar-refractivity contribution in [2.24, 2.45) is 0 Å². The maximum Gasteiger partial charge on any atom is 0.336 e. The van der Waals surface area contributed by atoms with Gasteiger partial charge in [-0.3, -0.25) is 0 Å². The number of aliphatic hydroxyl groups excluding tert-OH is 1. The van der Waals surface area contributed by atoms with E-state index in [0.29, 0.717) is 13.0 Å². The molecule has 0 aliphatic carbocycles. The first-order valence-electron chi connectivity index (χ1n) is 3.67. The van der Waals surface area contributed by atoms with Crippen molar-refractivity contribution in [1.82, 2.24) is 0 Å². The molecule has 0 spiro atoms. The molecule has 0 amide bonds. The third-order valence-corrected chi connectivity index (χ3v) is 1.33. The number of esters is 1. The van der Waals surface area contributed by atoms with E-state index >= 15 is 0 Å². The van der Waals surface area contributed by atoms with Crippen molar-refractivity contribution in [3.05, 3.63) is 12.2 Å². The minimum atomic E-state index is -0.769. The summed E-state index contributed by atoms with van der Waals surface area (Å²) in [5, 5.41) is 9.12. The Labute approximate surface area is 66.7 Å². The molecule has 64 valence electrons. The van der Waals surface area contributed by atoms with Gasteiger partial charge in [-0.25, -0.2) is 4.79 Å². The minimum absolute atomic E-state index is 0.134. The van der Waals surface area contributed by atoms with Crippen LogP contribution in [0.1, 0.15) is 20.3 Å². The zero-order chi connectivity index (χ0) is 8.85. The summed E-state index contributed by atoms with van der Waals surface area (Å²) in [6.45, 7) is 7.22. The van der Waals surface area contributed by atoms with Crippen molar-refractivity contribution in [2.45, 2.75) is 26.4 Å². The lowest BCUT2D eigenvalue weighted by Crippen LogP contribution is -2.18. The molecule has 1 N–H and O–H groups in total. The molecule has 11 heavy (non-hydrogen) atoms. The van der Waals surface area contributed by atoms with E-state index in [1.807, 2.05) is 0 Å². The van der Waals surface area contributed by atoms with E-state index < -0.39 is 12.1 Å². The van der Waals surface area contributed by atoms with E-state index in [1.165, 1.54) is 0 Å². The zero-order valence-electron chi connectivity index (χ0n) is 6.96. The molecule has 0 aliphatic heterocycles. The quantitative estimate of drug-likeness (QED) is 0.488. The van der Waals surface area contributed by atoms with Gasteiger partial charge in [0.1, 0.15) is 0 Å². The molecule has 1 atom stereocenters. The monoisotopic (exact) mass is 158 g/mol. The number of carbonyl (C=O) groups excluding carboxylic acids is 1. The Bertz CT molecular complexity index is 151. The molecule has 3 nitrogen and oxygen atoms in total. The van der Waals surface area contributed by atoms with Gasteiger partial charge in [0.2, 0.25) is 0 Å². The number of ether oxygens (including phenoxy) is 1. The predicted molar refractivity (Wildman–Crippen MR) is 42.1 cm³/mol. The highest BCUT2D eigenvalue weighted by Gasteiger charge is 2.14. The van der Waals surface area contributed by atoms with E-state index in [-0.39, 0.29) is 5.57 Å². The van der Waals surface area contributed by atoms with Gasteiger partial charge in [0, 0.05) is 0 Å². The Hall–Kier alpha value is -0.830. The smallest absolute Gasteiger partial charge is 0.336 e. The Kier molecular flexibility index (Phi) is 4.54. The van der Waals surface area contributed by atoms with E-state index in [4.69, 9.17) is 5.11 Å². The summed E-state index contributed by atoms with van der Waals surface area (Å²) < 4.78 is 4.63. The van der Waals surface area contributed by atoms with Crippen LogP contribution in [0.2, 0.25) is 0 Å². The van der Waals surface area contributed by atoms with Crippen molar-refractivity contribution in [3.8, 4) is 0 Å². The molecule has 0 saturated carbocycles. The molecular formula is C8H14O3. The maximum atomic E-state index is 10.9. The summed E-state index contributed by atoms with van der Waals surface area (Å²) in [7, 11) is 0. The van der Waals surface area contributed by atoms with Crippen molar-refractivity contribution in [3.63, 3.8) is 0 Å². The number of aliphatic hydroxyl groups is 1. The van der Waals surface area contributed by atoms with Crippen LogP contribution in [0.25, 0.3) is 0 Å². The van der Waals surface area contributed by atoms with Crippen molar-refractivity contribution < 1.29 is 14.6 Å². The summed E-state index contributed by atoms with van der Waals surface area (Å²) in [5.41, 5.74) is 0.134. The molecule has 0 aromatic heterocycles. The Balaban J connectivity index is 3.92. The first kappa shape index (κ1) is 10.2. The van der Waals surface area contributed by atoms with Crippen LogP contribution in [0.5, 0.6) is 0 Å². The molecule has 0 rings (SSSR count). The molecule has 0 saturated heterocycles. The largest absolute Gasteiger partial charge is 0.463 e. The molecule has 0 aliphatic rings. The molecule has 0 bridgehead atoms. The average Bonchev–Trinajstić information content (AvgIpc) is 2.02. The summed E-state index contributed by atoms with van der Waals surface area (Å²) in [6, 6.07) is 0. The van der Waals surface area contributed by atoms with Gasteiger partial charge in [0.25, 0.3) is 0 Å². The van der Waals surface area contributed by atoms with E-state index in [0.717, 1.165) is 0 Å². The van der Waals surface area contributed by atoms with E-state index in [1.54, 1.807) is 13.8 Å². The normalized spacial score (nSPS) is 12.3. The fraction of sp³-hybridized carbons (Fsp3) is 0.625. The highest BCUT2D eigenvalue weighted by molar-refractivity contribution is 5.88. The third kappa shape index (κ3) is 3.18. The van der Waals surface area contributed by atoms with Gasteiger partial charge in [-0.05, 0) is 13.3 Å². The molecule has 0 aromatic carbocycles. The topological polar surface area (TPSA) is 46.5 Å². The molecule has 0 aromatic rings. The fourth-order valence-electron chi connectivity index (χ4n) is 0.606. The molecule has 3 heteroatoms. The lowest BCUT2D eigenvalue weighted by atomic mass is 10.1. The van der Waals surface area contributed by atoms with Crippen molar-refractivity contribution in [2.75, 3.05) is 6.61 Å². The van der Waals surface area contributed by atoms with Gasteiger partial charge in [-0.2, -0.15) is 0 Å². The summed E-state index contributed by atoms with van der Waals surface area (Å²) in [6.07, 6.45) is -0.286. The number of carbonyl (C=O) groups is 1. The van der Waals surface area contributed by atoms with Crippen LogP contribution in [0.4, 0.5) is 0 Å². The van der Waals surface area contributed by atoms with Gasteiger partial charge in [-0.15, -0.1) is 0 Å². The Morgan fingerprint density at radius 1 is 1.64 bits per heavy atom. The van der Waals surface area contributed by atoms with E-state index in [2.05, 4.69) is 11.3 Å². The van der Waals surface area contributed by atoms with Crippen LogP contribution in [-0.4, -0.2) is 23.8 Å². The highest BCUT2D eigenvalue weighted by atomic mass is 16.5. The van der Waals surface area contributed by atoms with Gasteiger partial charge in [0.15, 0.2) is 0 Å². The highest BCUT2D eigenvalue weighted by Crippen LogP contribution is 2.05. The van der Waals surface area contributed by atoms with Crippen LogP contribution in [-0.2, 0) is 9.53 Å². The maximum absolute atomic E-state index is 10.9. The zero-order valence-corrected chi connectivity index (χ0v) is 6.96. The van der Waals surface area contributed by atoms with Crippen molar-refractivity contribution in [1.29, 1.82) is 0 Å². The SMILES string of the molecule is C=C(C(=O)OCC)[C@H](O)CC. The van der Waals surface area contributed by atoms with Gasteiger partial charge < -0.3 is 9.84 Å². The molecule has 0 radical (unpaired) electrons. The van der Waals surface area contributed by atoms with Gasteiger partial charge >= 0.3 is 5.97 Å². The molecule has 0 fully saturated rings. The number of hydrogen-bond acceptors (Lipinski definition) is 3. The van der Waals surface area contributed by atoms with Crippen molar-refractivity contribution >= 4 is 5.97 Å². The molecule has 0 heterocycles. The molecule has 0 unspecified atom stereocenters. The first-order valence-corrected chi connectivity index (χ1v) is 3.67. The van der Waals surface area contributed by atoms with E-state index in [9.17, 15) is 4.79 Å². The number of hydrogen-bond donors (Lipinski definition) is 1. The second-order valence-corrected chi connectivity index (χ2v) is 2.17. The summed E-state index contributed by atoms with van der Waals surface area (Å²) in [5.74, 6) is -0.512. The lowest BCUT2D eigenvalue weighted by Gasteiger charge is -2.09. The average molecular weight is 158 g/mol. The Morgan fingerprint density at radius 3 is 2.55 bits per heavy atom. The van der Waals surface area contributed by atoms with Gasteiger partial charge in [0.05, 0.1) is 18.3 Å². The summed E-state index contributed by atoms with van der Waals surface area (Å²) >= 11 is 0. The Morgan fingerprint density at radius 2 is 2.18 bits per heavy atom. The number of rotatable bonds is 4. The fourth-order valence-corrected chi connectivity index (χ4v) is 0.606.